The predicted octanol–water partition coefficient (Wildman–Crippen LogP) is -17.8. The average Bonchev–Trinajstić information content (AvgIpc) is 1.41. The standard InChI is InChI=1S/4Al.3O4Si.H2O/c;;;;3*1-5(2,3)4;/h;;;;;;;1H2/q;;;;3*-4;. The van der Waals surface area contributed by atoms with Gasteiger partial charge in [-0.3, -0.25) is 0 Å². The molecule has 13 nitrogen and oxygen atoms in total. The molecule has 0 aliphatic rings. The van der Waals surface area contributed by atoms with E-state index in [1.54, 1.807) is 0 Å². The van der Waals surface area contributed by atoms with Gasteiger partial charge in [-0.05, 0) is 0 Å². The largest absolute Gasteiger partial charge is 0.894 e. The summed E-state index contributed by atoms with van der Waals surface area (Å²) < 4.78 is 0. The smallest absolute Gasteiger partial charge is 0 e. The highest BCUT2D eigenvalue weighted by atomic mass is 28.4. The molecule has 0 spiro atoms. The van der Waals surface area contributed by atoms with E-state index in [-0.39, 0.29) is 74.9 Å². The van der Waals surface area contributed by atoms with Crippen molar-refractivity contribution in [2.75, 3.05) is 0 Å². The zero-order valence-electron chi connectivity index (χ0n) is 9.21. The molecule has 0 aromatic carbocycles. The molecule has 20 heteroatoms. The van der Waals surface area contributed by atoms with Gasteiger partial charge >= 0.3 is 0 Å². The first-order chi connectivity index (χ1) is 6.00. The number of hydrogen-bond acceptors (Lipinski definition) is 12. The van der Waals surface area contributed by atoms with Gasteiger partial charge in [-0.2, -0.15) is 0 Å². The molecule has 0 amide bonds. The maximum Gasteiger partial charge on any atom is 0 e. The summed E-state index contributed by atoms with van der Waals surface area (Å²) in [7, 11) is -16.8. The van der Waals surface area contributed by atoms with Crippen LogP contribution in [0, 0.1) is 0 Å². The minimum atomic E-state index is -5.61. The lowest BCUT2D eigenvalue weighted by atomic mass is 15.7. The summed E-state index contributed by atoms with van der Waals surface area (Å²) in [5.74, 6) is 0. The highest BCUT2D eigenvalue weighted by Crippen LogP contribution is 1.27. The van der Waals surface area contributed by atoms with Crippen molar-refractivity contribution in [3.8, 4) is 0 Å². The Labute approximate surface area is 159 Å². The fourth-order valence-corrected chi connectivity index (χ4v) is 0. The van der Waals surface area contributed by atoms with Crippen LogP contribution in [0.4, 0.5) is 0 Å². The van der Waals surface area contributed by atoms with Crippen LogP contribution in [0.3, 0.4) is 0 Å². The Kier molecular flexibility index (Phi) is 52.6. The Bertz CT molecular complexity index is 101. The van der Waals surface area contributed by atoms with E-state index in [1.165, 1.54) is 0 Å². The van der Waals surface area contributed by atoms with Gasteiger partial charge in [-0.15, -0.1) is 0 Å². The molecule has 0 bridgehead atoms. The molecule has 0 rings (SSSR count). The Balaban J connectivity index is -0.0000000160. The van der Waals surface area contributed by atoms with Gasteiger partial charge in [-0.25, -0.2) is 0 Å². The van der Waals surface area contributed by atoms with Crippen molar-refractivity contribution in [2.45, 2.75) is 0 Å². The molecule has 0 aliphatic carbocycles. The van der Waals surface area contributed by atoms with Gasteiger partial charge in [0.25, 0.3) is 0 Å². The van der Waals surface area contributed by atoms with Crippen molar-refractivity contribution in [2.24, 2.45) is 0 Å². The summed E-state index contributed by atoms with van der Waals surface area (Å²) in [6, 6.07) is 0. The molecule has 0 aliphatic heterocycles. The molecule has 2 N–H and O–H groups in total. The lowest BCUT2D eigenvalue weighted by molar-refractivity contribution is -0.627. The second-order valence-corrected chi connectivity index (χ2v) is 4.50. The van der Waals surface area contributed by atoms with Gasteiger partial charge in [0.15, 0.2) is 0 Å². The first kappa shape index (κ1) is 49.5. The molecule has 20 heavy (non-hydrogen) atoms. The van der Waals surface area contributed by atoms with Crippen molar-refractivity contribution in [3.05, 3.63) is 0 Å². The molecule has 0 saturated carbocycles. The SMILES string of the molecule is O.[Al].[Al].[Al].[Al].[O-][Si]([O-])([O-])[O-].[O-][Si]([O-])([O-])[O-].[O-][Si]([O-])([O-])[O-]. The van der Waals surface area contributed by atoms with Crippen LogP contribution >= 0.6 is 0 Å². The molecule has 0 saturated heterocycles. The van der Waals surface area contributed by atoms with Crippen molar-refractivity contribution in [1.82, 2.24) is 0 Å². The van der Waals surface area contributed by atoms with Crippen LogP contribution in [-0.2, 0) is 0 Å². The van der Waals surface area contributed by atoms with Gasteiger partial charge < -0.3 is 90.2 Å². The summed E-state index contributed by atoms with van der Waals surface area (Å²) in [4.78, 5) is 103. The van der Waals surface area contributed by atoms with Gasteiger partial charge in [0.2, 0.25) is 0 Å². The molecule has 0 unspecified atom stereocenters. The average molecular weight is 402 g/mol. The summed E-state index contributed by atoms with van der Waals surface area (Å²) >= 11 is 0. The van der Waals surface area contributed by atoms with E-state index in [9.17, 15) is 0 Å². The molecular weight excluding hydrogens is 400 g/mol. The van der Waals surface area contributed by atoms with E-state index < -0.39 is 27.1 Å². The summed E-state index contributed by atoms with van der Waals surface area (Å²) in [5.41, 5.74) is 0. The molecule has 0 fully saturated rings. The summed E-state index contributed by atoms with van der Waals surface area (Å²) in [5, 5.41) is 0. The molecule has 0 aromatic heterocycles. The van der Waals surface area contributed by atoms with Gasteiger partial charge in [-0.1, -0.05) is 0 Å². The van der Waals surface area contributed by atoms with Crippen LogP contribution in [0.5, 0.6) is 0 Å². The summed E-state index contributed by atoms with van der Waals surface area (Å²) in [6.07, 6.45) is 0. The lowest BCUT2D eigenvalue weighted by Gasteiger charge is -2.67. The maximum absolute atomic E-state index is 8.58. The minimum absolute atomic E-state index is 0. The third kappa shape index (κ3) is 1470. The highest BCUT2D eigenvalue weighted by Gasteiger charge is 1.36. The van der Waals surface area contributed by atoms with Crippen molar-refractivity contribution in [1.29, 1.82) is 0 Å². The highest BCUT2D eigenvalue weighted by molar-refractivity contribution is 6.39. The van der Waals surface area contributed by atoms with Gasteiger partial charge in [0, 0.05) is 69.4 Å². The molecule has 0 atom stereocenters. The monoisotopic (exact) mass is 402 g/mol. The van der Waals surface area contributed by atoms with E-state index in [0.717, 1.165) is 0 Å². The second kappa shape index (κ2) is 21.3. The molecule has 0 aromatic rings. The third-order valence-corrected chi connectivity index (χ3v) is 0. The predicted molar refractivity (Wildman–Crippen MR) is 43.9 cm³/mol. The Morgan fingerprint density at radius 1 is 0.300 bits per heavy atom. The van der Waals surface area contributed by atoms with Gasteiger partial charge in [0.1, 0.15) is 0 Å². The second-order valence-electron chi connectivity index (χ2n) is 1.50. The Morgan fingerprint density at radius 2 is 0.300 bits per heavy atom. The Morgan fingerprint density at radius 3 is 0.300 bits per heavy atom. The molecule has 12 radical (unpaired) electrons. The number of rotatable bonds is 0. The first-order valence-corrected chi connectivity index (χ1v) is 7.35. The fourth-order valence-electron chi connectivity index (χ4n) is 0. The van der Waals surface area contributed by atoms with E-state index in [4.69, 9.17) is 57.5 Å². The third-order valence-electron chi connectivity index (χ3n) is 0. The van der Waals surface area contributed by atoms with Crippen molar-refractivity contribution < 1.29 is 63.0 Å². The first-order valence-electron chi connectivity index (χ1n) is 2.45. The van der Waals surface area contributed by atoms with E-state index in [1.807, 2.05) is 0 Å². The van der Waals surface area contributed by atoms with Crippen molar-refractivity contribution >= 4 is 96.6 Å². The van der Waals surface area contributed by atoms with Crippen LogP contribution in [0.2, 0.25) is 0 Å². The summed E-state index contributed by atoms with van der Waals surface area (Å²) in [6.45, 7) is 0. The van der Waals surface area contributed by atoms with Crippen LogP contribution in [-0.4, -0.2) is 102 Å². The topological polar surface area (TPSA) is 308 Å². The normalized spacial score (nSPS) is 9.00. The fraction of sp³-hybridized carbons (Fsp3) is 0. The zero-order valence-corrected chi connectivity index (χ0v) is 16.8. The van der Waals surface area contributed by atoms with Crippen LogP contribution in [0.25, 0.3) is 0 Å². The Hall–Kier alpha value is 2.26. The zero-order chi connectivity index (χ0) is 13.5. The van der Waals surface area contributed by atoms with E-state index >= 15 is 0 Å². The molecule has 0 heterocycles. The minimum Gasteiger partial charge on any atom is -0.894 e. The lowest BCUT2D eigenvalue weighted by Crippen LogP contribution is -2.82. The van der Waals surface area contributed by atoms with Crippen LogP contribution in [0.15, 0.2) is 0 Å². The van der Waals surface area contributed by atoms with Crippen molar-refractivity contribution in [3.63, 3.8) is 0 Å². The quantitative estimate of drug-likeness (QED) is 0.341. The maximum atomic E-state index is 8.58. The molecular formula is H2Al4O13Si3-12. The van der Waals surface area contributed by atoms with Crippen LogP contribution < -0.4 is 57.5 Å². The van der Waals surface area contributed by atoms with Crippen LogP contribution in [0.1, 0.15) is 0 Å². The molecule has 116 valence electrons. The van der Waals surface area contributed by atoms with Gasteiger partial charge in [0.05, 0.1) is 0 Å². The number of hydrogen-bond donors (Lipinski definition) is 0. The van der Waals surface area contributed by atoms with E-state index in [0.29, 0.717) is 0 Å². The van der Waals surface area contributed by atoms with E-state index in [2.05, 4.69) is 0 Å².